The standard InChI is InChI=1S/C22H28N4O/c1-2-23-22(24-16-18-15-17-7-3-4-8-19(17)18)26-13-11-25(12-14-26)20-9-5-6-10-21(20)27/h3-10,18,27H,2,11-16H2,1H3,(H,23,24). The minimum Gasteiger partial charge on any atom is -0.506 e. The van der Waals surface area contributed by atoms with Gasteiger partial charge in [-0.2, -0.15) is 0 Å². The van der Waals surface area contributed by atoms with Crippen molar-refractivity contribution in [2.45, 2.75) is 19.3 Å². The summed E-state index contributed by atoms with van der Waals surface area (Å²) in [6.45, 7) is 7.41. The van der Waals surface area contributed by atoms with Crippen LogP contribution < -0.4 is 10.2 Å². The van der Waals surface area contributed by atoms with Crippen molar-refractivity contribution < 1.29 is 5.11 Å². The van der Waals surface area contributed by atoms with E-state index in [1.165, 1.54) is 11.1 Å². The number of benzene rings is 2. The number of nitrogens with zero attached hydrogens (tertiary/aromatic N) is 3. The molecule has 2 aromatic rings. The van der Waals surface area contributed by atoms with Gasteiger partial charge in [0, 0.05) is 45.2 Å². The molecule has 0 radical (unpaired) electrons. The number of phenols is 1. The molecule has 1 unspecified atom stereocenters. The number of nitrogens with one attached hydrogen (secondary N) is 1. The fourth-order valence-corrected chi connectivity index (χ4v) is 4.04. The van der Waals surface area contributed by atoms with Crippen molar-refractivity contribution in [2.75, 3.05) is 44.2 Å². The number of aliphatic imine (C=N–C) groups is 1. The highest BCUT2D eigenvalue weighted by atomic mass is 16.3. The molecule has 142 valence electrons. The molecule has 1 saturated heterocycles. The number of fused-ring (bicyclic) bond motifs is 1. The van der Waals surface area contributed by atoms with Gasteiger partial charge in [-0.05, 0) is 36.6 Å². The summed E-state index contributed by atoms with van der Waals surface area (Å²) in [7, 11) is 0. The molecule has 4 rings (SSSR count). The van der Waals surface area contributed by atoms with E-state index in [4.69, 9.17) is 4.99 Å². The van der Waals surface area contributed by atoms with Crippen LogP contribution >= 0.6 is 0 Å². The zero-order valence-electron chi connectivity index (χ0n) is 15.9. The van der Waals surface area contributed by atoms with Crippen molar-refractivity contribution in [2.24, 2.45) is 4.99 Å². The SMILES string of the molecule is CCNC(=NCC1Cc2ccccc21)N1CCN(c2ccccc2O)CC1. The number of phenolic OH excluding ortho intramolecular Hbond substituents is 1. The molecule has 0 amide bonds. The molecular formula is C22H28N4O. The number of hydrogen-bond donors (Lipinski definition) is 2. The Balaban J connectivity index is 1.38. The van der Waals surface area contributed by atoms with Crippen LogP contribution in [0.15, 0.2) is 53.5 Å². The lowest BCUT2D eigenvalue weighted by molar-refractivity contribution is 0.369. The highest BCUT2D eigenvalue weighted by Crippen LogP contribution is 2.34. The maximum atomic E-state index is 10.1. The number of piperazine rings is 1. The molecule has 1 atom stereocenters. The molecule has 2 aliphatic rings. The highest BCUT2D eigenvalue weighted by Gasteiger charge is 2.26. The van der Waals surface area contributed by atoms with Crippen LogP contribution in [0.5, 0.6) is 5.75 Å². The third-order valence-corrected chi connectivity index (χ3v) is 5.56. The van der Waals surface area contributed by atoms with Crippen LogP contribution in [-0.2, 0) is 6.42 Å². The van der Waals surface area contributed by atoms with E-state index in [9.17, 15) is 5.11 Å². The van der Waals surface area contributed by atoms with Gasteiger partial charge in [0.2, 0.25) is 0 Å². The van der Waals surface area contributed by atoms with E-state index < -0.39 is 0 Å². The van der Waals surface area contributed by atoms with Crippen molar-refractivity contribution in [3.63, 3.8) is 0 Å². The van der Waals surface area contributed by atoms with Crippen molar-refractivity contribution >= 4 is 11.6 Å². The molecule has 1 fully saturated rings. The van der Waals surface area contributed by atoms with E-state index in [1.54, 1.807) is 6.07 Å². The summed E-state index contributed by atoms with van der Waals surface area (Å²) in [5.74, 6) is 1.92. The first kappa shape index (κ1) is 17.7. The molecule has 1 heterocycles. The van der Waals surface area contributed by atoms with Gasteiger partial charge >= 0.3 is 0 Å². The molecule has 5 nitrogen and oxygen atoms in total. The first-order chi connectivity index (χ1) is 13.3. The quantitative estimate of drug-likeness (QED) is 0.647. The van der Waals surface area contributed by atoms with Crippen LogP contribution in [0, 0.1) is 0 Å². The number of anilines is 1. The fraction of sp³-hybridized carbons (Fsp3) is 0.409. The summed E-state index contributed by atoms with van der Waals surface area (Å²) in [5.41, 5.74) is 3.85. The molecule has 1 aliphatic heterocycles. The maximum absolute atomic E-state index is 10.1. The normalized spacial score (nSPS) is 19.4. The molecule has 0 aromatic heterocycles. The van der Waals surface area contributed by atoms with Crippen molar-refractivity contribution in [1.29, 1.82) is 0 Å². The molecule has 2 N–H and O–H groups in total. The lowest BCUT2D eigenvalue weighted by Gasteiger charge is -2.38. The largest absolute Gasteiger partial charge is 0.506 e. The van der Waals surface area contributed by atoms with Gasteiger partial charge in [-0.3, -0.25) is 4.99 Å². The second-order valence-electron chi connectivity index (χ2n) is 7.26. The third kappa shape index (κ3) is 3.72. The van der Waals surface area contributed by atoms with Gasteiger partial charge in [-0.15, -0.1) is 0 Å². The smallest absolute Gasteiger partial charge is 0.194 e. The van der Waals surface area contributed by atoms with Crippen LogP contribution in [0.2, 0.25) is 0 Å². The van der Waals surface area contributed by atoms with Crippen molar-refractivity contribution in [3.8, 4) is 5.75 Å². The number of guanidine groups is 1. The summed E-state index contributed by atoms with van der Waals surface area (Å²) in [5, 5.41) is 13.5. The van der Waals surface area contributed by atoms with Crippen LogP contribution in [0.3, 0.4) is 0 Å². The topological polar surface area (TPSA) is 51.1 Å². The molecule has 1 aliphatic carbocycles. The lowest BCUT2D eigenvalue weighted by atomic mass is 9.78. The Hall–Kier alpha value is -2.69. The Morgan fingerprint density at radius 2 is 1.81 bits per heavy atom. The van der Waals surface area contributed by atoms with E-state index in [-0.39, 0.29) is 0 Å². The van der Waals surface area contributed by atoms with Gasteiger partial charge in [-0.1, -0.05) is 36.4 Å². The number of para-hydroxylation sites is 2. The Bertz CT molecular complexity index is 811. The number of hydrogen-bond acceptors (Lipinski definition) is 3. The van der Waals surface area contributed by atoms with E-state index in [0.29, 0.717) is 11.7 Å². The first-order valence-electron chi connectivity index (χ1n) is 9.90. The second-order valence-corrected chi connectivity index (χ2v) is 7.26. The predicted octanol–water partition coefficient (Wildman–Crippen LogP) is 2.82. The summed E-state index contributed by atoms with van der Waals surface area (Å²) in [6, 6.07) is 16.3. The first-order valence-corrected chi connectivity index (χ1v) is 9.90. The van der Waals surface area contributed by atoms with E-state index in [0.717, 1.165) is 57.3 Å². The monoisotopic (exact) mass is 364 g/mol. The minimum atomic E-state index is 0.357. The average Bonchev–Trinajstić information content (AvgIpc) is 2.68. The van der Waals surface area contributed by atoms with Crippen LogP contribution in [0.4, 0.5) is 5.69 Å². The zero-order chi connectivity index (χ0) is 18.6. The summed E-state index contributed by atoms with van der Waals surface area (Å²) in [6.07, 6.45) is 1.14. The van der Waals surface area contributed by atoms with Crippen LogP contribution in [0.1, 0.15) is 24.0 Å². The molecule has 0 saturated carbocycles. The minimum absolute atomic E-state index is 0.357. The van der Waals surface area contributed by atoms with Gasteiger partial charge in [0.1, 0.15) is 5.75 Å². The zero-order valence-corrected chi connectivity index (χ0v) is 15.9. The number of rotatable bonds is 4. The Morgan fingerprint density at radius 1 is 1.07 bits per heavy atom. The van der Waals surface area contributed by atoms with E-state index >= 15 is 0 Å². The van der Waals surface area contributed by atoms with Gasteiger partial charge in [0.05, 0.1) is 5.69 Å². The summed E-state index contributed by atoms with van der Waals surface area (Å²) < 4.78 is 0. The summed E-state index contributed by atoms with van der Waals surface area (Å²) in [4.78, 5) is 9.52. The second kappa shape index (κ2) is 7.91. The fourth-order valence-electron chi connectivity index (χ4n) is 4.04. The molecular weight excluding hydrogens is 336 g/mol. The van der Waals surface area contributed by atoms with Crippen LogP contribution in [0.25, 0.3) is 0 Å². The van der Waals surface area contributed by atoms with Gasteiger partial charge < -0.3 is 20.2 Å². The molecule has 27 heavy (non-hydrogen) atoms. The van der Waals surface area contributed by atoms with E-state index in [2.05, 4.69) is 46.3 Å². The van der Waals surface area contributed by atoms with Gasteiger partial charge in [-0.25, -0.2) is 0 Å². The summed E-state index contributed by atoms with van der Waals surface area (Å²) >= 11 is 0. The van der Waals surface area contributed by atoms with Crippen molar-refractivity contribution in [1.82, 2.24) is 10.2 Å². The van der Waals surface area contributed by atoms with Gasteiger partial charge in [0.15, 0.2) is 5.96 Å². The molecule has 5 heteroatoms. The van der Waals surface area contributed by atoms with Crippen LogP contribution in [-0.4, -0.2) is 55.2 Å². The average molecular weight is 364 g/mol. The van der Waals surface area contributed by atoms with Gasteiger partial charge in [0.25, 0.3) is 0 Å². The Kier molecular flexibility index (Phi) is 5.19. The lowest BCUT2D eigenvalue weighted by Crippen LogP contribution is -2.52. The van der Waals surface area contributed by atoms with E-state index in [1.807, 2.05) is 18.2 Å². The van der Waals surface area contributed by atoms with Crippen molar-refractivity contribution in [3.05, 3.63) is 59.7 Å². The highest BCUT2D eigenvalue weighted by molar-refractivity contribution is 5.80. The predicted molar refractivity (Wildman–Crippen MR) is 111 cm³/mol. The molecule has 0 bridgehead atoms. The molecule has 2 aromatic carbocycles. The maximum Gasteiger partial charge on any atom is 0.194 e. The molecule has 0 spiro atoms. The Morgan fingerprint density at radius 3 is 2.56 bits per heavy atom. The number of aromatic hydroxyl groups is 1. The third-order valence-electron chi connectivity index (χ3n) is 5.56. The Labute approximate surface area is 161 Å².